The van der Waals surface area contributed by atoms with E-state index in [2.05, 4.69) is 86.6 Å². The van der Waals surface area contributed by atoms with Crippen LogP contribution in [-0.2, 0) is 12.8 Å². The van der Waals surface area contributed by atoms with Crippen LogP contribution >= 0.6 is 0 Å². The lowest BCUT2D eigenvalue weighted by Crippen LogP contribution is -2.01. The van der Waals surface area contributed by atoms with Crippen LogP contribution in [0.25, 0.3) is 0 Å². The molecule has 0 fully saturated rings. The maximum atomic E-state index is 5.92. The van der Waals surface area contributed by atoms with Crippen LogP contribution in [0.4, 0.5) is 11.4 Å². The number of rotatable bonds is 24. The normalized spacial score (nSPS) is 12.6. The largest absolute Gasteiger partial charge is 0.399 e. The van der Waals surface area contributed by atoms with Crippen LogP contribution in [0.5, 0.6) is 0 Å². The smallest absolute Gasteiger partial charge is 0.0314 e. The topological polar surface area (TPSA) is 52.0 Å². The van der Waals surface area contributed by atoms with E-state index < -0.39 is 0 Å². The van der Waals surface area contributed by atoms with Crippen molar-refractivity contribution in [1.82, 2.24) is 0 Å². The molecule has 2 nitrogen and oxygen atoms in total. The molecule has 4 rings (SSSR count). The molecule has 4 aromatic carbocycles. The minimum atomic E-state index is 0.464. The van der Waals surface area contributed by atoms with Gasteiger partial charge in [0.15, 0.2) is 0 Å². The summed E-state index contributed by atoms with van der Waals surface area (Å²) in [7, 11) is 0. The van der Waals surface area contributed by atoms with E-state index in [0.717, 1.165) is 11.4 Å². The molecule has 0 spiro atoms. The van der Waals surface area contributed by atoms with Gasteiger partial charge in [-0.25, -0.2) is 0 Å². The molecule has 2 unspecified atom stereocenters. The fraction of sp³-hybridized carbons (Fsp3) is 0.489. The van der Waals surface area contributed by atoms with Gasteiger partial charge >= 0.3 is 0 Å². The van der Waals surface area contributed by atoms with E-state index in [1.807, 2.05) is 24.3 Å². The number of nitrogen functional groups attached to an aromatic ring is 2. The fourth-order valence-electron chi connectivity index (χ4n) is 7.52. The summed E-state index contributed by atoms with van der Waals surface area (Å²) in [5.41, 5.74) is 22.1. The summed E-state index contributed by atoms with van der Waals surface area (Å²) >= 11 is 0. The molecule has 0 amide bonds. The highest BCUT2D eigenvalue weighted by Crippen LogP contribution is 2.31. The zero-order chi connectivity index (χ0) is 34.5. The predicted octanol–water partition coefficient (Wildman–Crippen LogP) is 13.6. The summed E-state index contributed by atoms with van der Waals surface area (Å²) in [4.78, 5) is 0. The molecule has 0 aromatic heterocycles. The van der Waals surface area contributed by atoms with E-state index >= 15 is 0 Å². The standard InChI is InChI=1S/C47H66N2/c1-3-18-46(42-30-34-44(48)35-31-42)40-26-22-38(23-27-40)20-16-14-12-10-8-6-5-7-9-11-13-15-17-21-39-24-28-41(29-25-39)47(19-4-2)43-32-36-45(49)37-33-43/h22-37,46-47H,3-21,48-49H2,1-2H3. The third-order valence-corrected chi connectivity index (χ3v) is 10.5. The van der Waals surface area contributed by atoms with E-state index in [1.54, 1.807) is 0 Å². The minimum Gasteiger partial charge on any atom is -0.399 e. The summed E-state index contributed by atoms with van der Waals surface area (Å²) in [6.45, 7) is 4.55. The Bertz CT molecular complexity index is 1290. The molecule has 264 valence electrons. The van der Waals surface area contributed by atoms with Gasteiger partial charge < -0.3 is 11.5 Å². The van der Waals surface area contributed by atoms with E-state index in [1.165, 1.54) is 155 Å². The molecular weight excluding hydrogens is 593 g/mol. The number of unbranched alkanes of at least 4 members (excludes halogenated alkanes) is 12. The third-order valence-electron chi connectivity index (χ3n) is 10.5. The van der Waals surface area contributed by atoms with Crippen LogP contribution in [0.3, 0.4) is 0 Å². The van der Waals surface area contributed by atoms with Crippen molar-refractivity contribution in [3.63, 3.8) is 0 Å². The lowest BCUT2D eigenvalue weighted by molar-refractivity contribution is 0.536. The highest BCUT2D eigenvalue weighted by molar-refractivity contribution is 5.44. The van der Waals surface area contributed by atoms with Gasteiger partial charge in [0.25, 0.3) is 0 Å². The maximum absolute atomic E-state index is 5.92. The molecular formula is C47H66N2. The summed E-state index contributed by atoms with van der Waals surface area (Å²) in [6.07, 6.45) is 25.1. The molecule has 0 bridgehead atoms. The van der Waals surface area contributed by atoms with Gasteiger partial charge in [0.2, 0.25) is 0 Å². The van der Waals surface area contributed by atoms with Crippen molar-refractivity contribution in [3.8, 4) is 0 Å². The summed E-state index contributed by atoms with van der Waals surface area (Å²) < 4.78 is 0. The van der Waals surface area contributed by atoms with E-state index in [4.69, 9.17) is 11.5 Å². The number of nitrogens with two attached hydrogens (primary N) is 2. The SMILES string of the molecule is CCCC(c1ccc(N)cc1)c1ccc(CCCCCCCCCCCCCCCc2ccc(C(CCC)c3ccc(N)cc3)cc2)cc1. The number of hydrogen-bond acceptors (Lipinski definition) is 2. The molecule has 4 N–H and O–H groups in total. The first-order chi connectivity index (χ1) is 24.1. The first-order valence-electron chi connectivity index (χ1n) is 20.0. The van der Waals surface area contributed by atoms with Crippen molar-refractivity contribution in [2.75, 3.05) is 11.5 Å². The van der Waals surface area contributed by atoms with Gasteiger partial charge in [-0.1, -0.05) is 170 Å². The average Bonchev–Trinajstić information content (AvgIpc) is 3.13. The molecule has 0 aliphatic carbocycles. The molecule has 0 aliphatic rings. The number of aryl methyl sites for hydroxylation is 2. The van der Waals surface area contributed by atoms with Crippen LogP contribution < -0.4 is 11.5 Å². The van der Waals surface area contributed by atoms with Crippen molar-refractivity contribution in [2.45, 2.75) is 148 Å². The van der Waals surface area contributed by atoms with Crippen LogP contribution in [0.1, 0.15) is 168 Å². The Labute approximate surface area is 300 Å². The second-order valence-electron chi connectivity index (χ2n) is 14.6. The van der Waals surface area contributed by atoms with E-state index in [0.29, 0.717) is 11.8 Å². The Morgan fingerprint density at radius 3 is 0.857 bits per heavy atom. The maximum Gasteiger partial charge on any atom is 0.0314 e. The molecule has 0 saturated carbocycles. The molecule has 0 aliphatic heterocycles. The van der Waals surface area contributed by atoms with Gasteiger partial charge in [-0.3, -0.25) is 0 Å². The Morgan fingerprint density at radius 2 is 0.592 bits per heavy atom. The van der Waals surface area contributed by atoms with Gasteiger partial charge in [0.05, 0.1) is 0 Å². The van der Waals surface area contributed by atoms with Crippen LogP contribution in [0, 0.1) is 0 Å². The van der Waals surface area contributed by atoms with Crippen molar-refractivity contribution in [2.24, 2.45) is 0 Å². The van der Waals surface area contributed by atoms with E-state index in [9.17, 15) is 0 Å². The zero-order valence-corrected chi connectivity index (χ0v) is 31.0. The molecule has 0 saturated heterocycles. The lowest BCUT2D eigenvalue weighted by Gasteiger charge is -2.18. The van der Waals surface area contributed by atoms with Gasteiger partial charge in [0.1, 0.15) is 0 Å². The molecule has 0 heterocycles. The Balaban J connectivity index is 0.973. The van der Waals surface area contributed by atoms with Crippen molar-refractivity contribution in [3.05, 3.63) is 130 Å². The van der Waals surface area contributed by atoms with Crippen LogP contribution in [0.15, 0.2) is 97.1 Å². The molecule has 49 heavy (non-hydrogen) atoms. The summed E-state index contributed by atoms with van der Waals surface area (Å²) in [5, 5.41) is 0. The second kappa shape index (κ2) is 22.2. The molecule has 4 aromatic rings. The van der Waals surface area contributed by atoms with Crippen LogP contribution in [-0.4, -0.2) is 0 Å². The second-order valence-corrected chi connectivity index (χ2v) is 14.6. The Morgan fingerprint density at radius 1 is 0.347 bits per heavy atom. The van der Waals surface area contributed by atoms with Crippen molar-refractivity contribution >= 4 is 11.4 Å². The number of anilines is 2. The quantitative estimate of drug-likeness (QED) is 0.0581. The van der Waals surface area contributed by atoms with Gasteiger partial charge in [-0.05, 0) is 96.2 Å². The van der Waals surface area contributed by atoms with Crippen molar-refractivity contribution in [1.29, 1.82) is 0 Å². The highest BCUT2D eigenvalue weighted by atomic mass is 14.5. The minimum absolute atomic E-state index is 0.464. The van der Waals surface area contributed by atoms with Crippen molar-refractivity contribution < 1.29 is 0 Å². The van der Waals surface area contributed by atoms with Crippen LogP contribution in [0.2, 0.25) is 0 Å². The molecule has 0 radical (unpaired) electrons. The first-order valence-corrected chi connectivity index (χ1v) is 20.0. The van der Waals surface area contributed by atoms with E-state index in [-0.39, 0.29) is 0 Å². The lowest BCUT2D eigenvalue weighted by atomic mass is 9.87. The number of hydrogen-bond donors (Lipinski definition) is 2. The van der Waals surface area contributed by atoms with Gasteiger partial charge in [-0.2, -0.15) is 0 Å². The van der Waals surface area contributed by atoms with Gasteiger partial charge in [-0.15, -0.1) is 0 Å². The molecule has 2 heteroatoms. The molecule has 2 atom stereocenters. The first kappa shape index (κ1) is 38.3. The zero-order valence-electron chi connectivity index (χ0n) is 31.0. The Hall–Kier alpha value is -3.52. The fourth-order valence-corrected chi connectivity index (χ4v) is 7.52. The highest BCUT2D eigenvalue weighted by Gasteiger charge is 2.14. The average molecular weight is 659 g/mol. The monoisotopic (exact) mass is 659 g/mol. The predicted molar refractivity (Wildman–Crippen MR) is 216 cm³/mol. The van der Waals surface area contributed by atoms with Gasteiger partial charge in [0, 0.05) is 23.2 Å². The summed E-state index contributed by atoms with van der Waals surface area (Å²) in [6, 6.07) is 35.8. The third kappa shape index (κ3) is 13.7. The summed E-state index contributed by atoms with van der Waals surface area (Å²) in [5.74, 6) is 0.927. The Kier molecular flexibility index (Phi) is 17.4. The number of benzene rings is 4.